The van der Waals surface area contributed by atoms with E-state index in [0.717, 1.165) is 31.5 Å². The molecule has 1 aliphatic heterocycles. The van der Waals surface area contributed by atoms with Crippen LogP contribution in [0.25, 0.3) is 0 Å². The molecule has 3 aromatic rings. The third kappa shape index (κ3) is 6.35. The van der Waals surface area contributed by atoms with Gasteiger partial charge in [0.1, 0.15) is 18.6 Å². The number of rotatable bonds is 11. The van der Waals surface area contributed by atoms with E-state index in [4.69, 9.17) is 9.15 Å². The third-order valence-electron chi connectivity index (χ3n) is 6.06. The molecule has 0 saturated heterocycles. The number of nitrogens with zero attached hydrogens (tertiary/aromatic N) is 1. The number of fused-ring (bicyclic) bond motifs is 1. The van der Waals surface area contributed by atoms with Crippen LogP contribution >= 0.6 is 0 Å². The van der Waals surface area contributed by atoms with Gasteiger partial charge in [0.2, 0.25) is 11.2 Å². The van der Waals surface area contributed by atoms with Crippen LogP contribution < -0.4 is 15.5 Å². The molecule has 0 bridgehead atoms. The second kappa shape index (κ2) is 11.7. The topological polar surface area (TPSA) is 71.8 Å². The first-order valence-corrected chi connectivity index (χ1v) is 12.0. The molecule has 0 unspecified atom stereocenters. The van der Waals surface area contributed by atoms with Gasteiger partial charge in [0.25, 0.3) is 5.91 Å². The number of carbonyl (C=O) groups is 1. The van der Waals surface area contributed by atoms with E-state index in [9.17, 15) is 9.59 Å². The lowest BCUT2D eigenvalue weighted by atomic mass is 10.1. The lowest BCUT2D eigenvalue weighted by molar-refractivity contribution is 0.0953. The van der Waals surface area contributed by atoms with E-state index >= 15 is 0 Å². The minimum Gasteiger partial charge on any atom is -0.482 e. The second-order valence-corrected chi connectivity index (χ2v) is 8.79. The van der Waals surface area contributed by atoms with Crippen molar-refractivity contribution in [2.45, 2.75) is 58.8 Å². The summed E-state index contributed by atoms with van der Waals surface area (Å²) >= 11 is 0. The number of nitrogens with one attached hydrogen (secondary N) is 1. The lowest BCUT2D eigenvalue weighted by Crippen LogP contribution is -2.24. The zero-order chi connectivity index (χ0) is 23.8. The summed E-state index contributed by atoms with van der Waals surface area (Å²) in [6, 6.07) is 17.1. The van der Waals surface area contributed by atoms with Gasteiger partial charge in [-0.2, -0.15) is 0 Å². The molecule has 6 nitrogen and oxygen atoms in total. The summed E-state index contributed by atoms with van der Waals surface area (Å²) in [4.78, 5) is 27.0. The van der Waals surface area contributed by atoms with Crippen molar-refractivity contribution in [2.24, 2.45) is 0 Å². The molecular weight excluding hydrogens is 428 g/mol. The van der Waals surface area contributed by atoms with E-state index in [1.54, 1.807) is 12.1 Å². The molecule has 0 spiro atoms. The molecule has 6 heteroatoms. The van der Waals surface area contributed by atoms with Crippen molar-refractivity contribution in [3.05, 3.63) is 99.1 Å². The summed E-state index contributed by atoms with van der Waals surface area (Å²) in [7, 11) is 0. The van der Waals surface area contributed by atoms with Crippen molar-refractivity contribution in [3.63, 3.8) is 0 Å². The predicted octanol–water partition coefficient (Wildman–Crippen LogP) is 5.04. The van der Waals surface area contributed by atoms with E-state index in [1.165, 1.54) is 36.3 Å². The number of ether oxygens (including phenoxy) is 1. The average molecular weight is 461 g/mol. The fourth-order valence-corrected chi connectivity index (χ4v) is 4.13. The van der Waals surface area contributed by atoms with Crippen LogP contribution in [0, 0.1) is 0 Å². The largest absolute Gasteiger partial charge is 0.482 e. The van der Waals surface area contributed by atoms with Crippen molar-refractivity contribution in [3.8, 4) is 5.75 Å². The Kier molecular flexibility index (Phi) is 8.15. The molecule has 2 heterocycles. The highest BCUT2D eigenvalue weighted by molar-refractivity contribution is 5.94. The highest BCUT2D eigenvalue weighted by atomic mass is 16.5. The van der Waals surface area contributed by atoms with Gasteiger partial charge in [-0.05, 0) is 35.2 Å². The molecule has 1 aromatic heterocycles. The molecule has 34 heavy (non-hydrogen) atoms. The maximum atomic E-state index is 12.5. The first-order valence-electron chi connectivity index (χ1n) is 12.0. The molecule has 0 radical (unpaired) electrons. The van der Waals surface area contributed by atoms with E-state index in [-0.39, 0.29) is 23.7 Å². The predicted molar refractivity (Wildman–Crippen MR) is 132 cm³/mol. The quantitative estimate of drug-likeness (QED) is 0.406. The summed E-state index contributed by atoms with van der Waals surface area (Å²) in [5.41, 5.74) is 3.93. The van der Waals surface area contributed by atoms with Gasteiger partial charge in [0.15, 0.2) is 0 Å². The standard InChI is InChI=1S/C28H32N2O4/c1-2-3-4-7-14-29-28(32)22-12-10-21(11-13-22)19-34-27-20-33-25(15-26(27)31)18-30-16-23-8-5-6-9-24(23)17-30/h5-6,8-13,15,20H,2-4,7,14,16-19H2,1H3,(H,29,32). The van der Waals surface area contributed by atoms with Gasteiger partial charge in [-0.25, -0.2) is 0 Å². The Morgan fingerprint density at radius 2 is 1.76 bits per heavy atom. The van der Waals surface area contributed by atoms with Crippen molar-refractivity contribution in [2.75, 3.05) is 6.54 Å². The molecule has 1 N–H and O–H groups in total. The highest BCUT2D eigenvalue weighted by Crippen LogP contribution is 2.24. The van der Waals surface area contributed by atoms with Crippen molar-refractivity contribution in [1.82, 2.24) is 10.2 Å². The molecule has 0 aliphatic carbocycles. The van der Waals surface area contributed by atoms with Gasteiger partial charge in [-0.15, -0.1) is 0 Å². The first kappa shape index (κ1) is 23.8. The maximum absolute atomic E-state index is 12.5. The summed E-state index contributed by atoms with van der Waals surface area (Å²) in [6.07, 6.45) is 5.89. The number of hydrogen-bond acceptors (Lipinski definition) is 5. The van der Waals surface area contributed by atoms with Gasteiger partial charge in [-0.1, -0.05) is 62.6 Å². The summed E-state index contributed by atoms with van der Waals surface area (Å²) in [6.45, 7) is 5.37. The minimum absolute atomic E-state index is 0.0682. The monoisotopic (exact) mass is 460 g/mol. The van der Waals surface area contributed by atoms with E-state index in [1.807, 2.05) is 24.3 Å². The van der Waals surface area contributed by atoms with Crippen LogP contribution in [0.4, 0.5) is 0 Å². The SMILES string of the molecule is CCCCCCNC(=O)c1ccc(COc2coc(CN3Cc4ccccc4C3)cc2=O)cc1. The molecule has 1 aliphatic rings. The smallest absolute Gasteiger partial charge is 0.251 e. The Balaban J connectivity index is 1.25. The number of benzene rings is 2. The van der Waals surface area contributed by atoms with E-state index in [2.05, 4.69) is 29.3 Å². The fraction of sp³-hybridized carbons (Fsp3) is 0.357. The molecule has 2 aromatic carbocycles. The molecule has 1 amide bonds. The second-order valence-electron chi connectivity index (χ2n) is 8.79. The highest BCUT2D eigenvalue weighted by Gasteiger charge is 2.19. The Hall–Kier alpha value is -3.38. The Morgan fingerprint density at radius 3 is 2.44 bits per heavy atom. The van der Waals surface area contributed by atoms with Crippen molar-refractivity contribution < 1.29 is 13.9 Å². The third-order valence-corrected chi connectivity index (χ3v) is 6.06. The first-order chi connectivity index (χ1) is 16.6. The van der Waals surface area contributed by atoms with Crippen LogP contribution in [0.1, 0.15) is 65.4 Å². The normalized spacial score (nSPS) is 13.0. The van der Waals surface area contributed by atoms with Gasteiger partial charge < -0.3 is 14.5 Å². The summed E-state index contributed by atoms with van der Waals surface area (Å²) < 4.78 is 11.4. The van der Waals surface area contributed by atoms with Crippen LogP contribution in [0.15, 0.2) is 70.1 Å². The van der Waals surface area contributed by atoms with Crippen LogP contribution in [-0.2, 0) is 26.2 Å². The molecule has 0 saturated carbocycles. The van der Waals surface area contributed by atoms with E-state index < -0.39 is 0 Å². The molecular formula is C28H32N2O4. The Labute approximate surface area is 200 Å². The number of amides is 1. The van der Waals surface area contributed by atoms with E-state index in [0.29, 0.717) is 24.4 Å². The fourth-order valence-electron chi connectivity index (χ4n) is 4.13. The number of unbranched alkanes of at least 4 members (excludes halogenated alkanes) is 3. The zero-order valence-corrected chi connectivity index (χ0v) is 19.7. The van der Waals surface area contributed by atoms with Crippen molar-refractivity contribution in [1.29, 1.82) is 0 Å². The maximum Gasteiger partial charge on any atom is 0.251 e. The lowest BCUT2D eigenvalue weighted by Gasteiger charge is -2.14. The average Bonchev–Trinajstić information content (AvgIpc) is 3.26. The number of hydrogen-bond donors (Lipinski definition) is 1. The summed E-state index contributed by atoms with van der Waals surface area (Å²) in [5, 5.41) is 2.95. The van der Waals surface area contributed by atoms with Gasteiger partial charge >= 0.3 is 0 Å². The molecule has 0 fully saturated rings. The molecule has 0 atom stereocenters. The Bertz CT molecular complexity index is 1130. The molecule has 178 valence electrons. The van der Waals surface area contributed by atoms with Crippen LogP contribution in [0.2, 0.25) is 0 Å². The zero-order valence-electron chi connectivity index (χ0n) is 19.7. The molecule has 4 rings (SSSR count). The van der Waals surface area contributed by atoms with Crippen LogP contribution in [0.5, 0.6) is 5.75 Å². The van der Waals surface area contributed by atoms with Gasteiger partial charge in [0.05, 0.1) is 6.54 Å². The van der Waals surface area contributed by atoms with Gasteiger partial charge in [0, 0.05) is 31.3 Å². The summed E-state index contributed by atoms with van der Waals surface area (Å²) in [5.74, 6) is 0.735. The van der Waals surface area contributed by atoms with Crippen LogP contribution in [-0.4, -0.2) is 17.4 Å². The van der Waals surface area contributed by atoms with Gasteiger partial charge in [-0.3, -0.25) is 14.5 Å². The van der Waals surface area contributed by atoms with Crippen LogP contribution in [0.3, 0.4) is 0 Å². The Morgan fingerprint density at radius 1 is 1.03 bits per heavy atom. The van der Waals surface area contributed by atoms with Crippen molar-refractivity contribution >= 4 is 5.91 Å². The minimum atomic E-state index is -0.197. The number of carbonyl (C=O) groups excluding carboxylic acids is 1.